The van der Waals surface area contributed by atoms with E-state index in [1.807, 2.05) is 72.8 Å². The van der Waals surface area contributed by atoms with Gasteiger partial charge in [0.1, 0.15) is 11.5 Å². The minimum atomic E-state index is 0.170. The van der Waals surface area contributed by atoms with Crippen molar-refractivity contribution in [3.05, 3.63) is 96.1 Å². The zero-order valence-corrected chi connectivity index (χ0v) is 16.6. The van der Waals surface area contributed by atoms with E-state index in [4.69, 9.17) is 9.47 Å². The summed E-state index contributed by atoms with van der Waals surface area (Å²) >= 11 is 0. The summed E-state index contributed by atoms with van der Waals surface area (Å²) in [5.74, 6) is 2.19. The number of fused-ring (bicyclic) bond motifs is 1. The molecular formula is C25H21N3O2. The first kappa shape index (κ1) is 18.2. The summed E-state index contributed by atoms with van der Waals surface area (Å²) in [6.45, 7) is 0. The average molecular weight is 395 g/mol. The van der Waals surface area contributed by atoms with Gasteiger partial charge in [-0.25, -0.2) is 4.98 Å². The zero-order chi connectivity index (χ0) is 20.3. The Hall–Kier alpha value is -3.86. The largest absolute Gasteiger partial charge is 0.497 e. The number of hydrogen-bond acceptors (Lipinski definition) is 5. The minimum absolute atomic E-state index is 0.170. The molecule has 1 atom stereocenters. The number of benzene rings is 3. The van der Waals surface area contributed by atoms with Crippen LogP contribution in [0.1, 0.15) is 23.6 Å². The van der Waals surface area contributed by atoms with Crippen LogP contribution in [0.4, 0.5) is 0 Å². The van der Waals surface area contributed by atoms with E-state index in [-0.39, 0.29) is 6.04 Å². The molecule has 0 radical (unpaired) electrons. The van der Waals surface area contributed by atoms with Gasteiger partial charge in [0.05, 0.1) is 24.4 Å². The second kappa shape index (κ2) is 7.87. The zero-order valence-electron chi connectivity index (χ0n) is 16.6. The third-order valence-corrected chi connectivity index (χ3v) is 5.25. The fraction of sp³-hybridized carbons (Fsp3) is 0.120. The molecule has 0 amide bonds. The summed E-state index contributed by atoms with van der Waals surface area (Å²) in [4.78, 5) is 4.56. The Labute approximate surface area is 175 Å². The molecule has 0 saturated carbocycles. The van der Waals surface area contributed by atoms with Gasteiger partial charge >= 0.3 is 0 Å². The van der Waals surface area contributed by atoms with Crippen LogP contribution >= 0.6 is 0 Å². The number of pyridine rings is 1. The lowest BCUT2D eigenvalue weighted by Gasteiger charge is -2.11. The molecule has 5 rings (SSSR count). The van der Waals surface area contributed by atoms with E-state index in [0.29, 0.717) is 5.88 Å². The smallest absolute Gasteiger partial charge is 0.219 e. The normalized spacial score (nSPS) is 15.5. The Balaban J connectivity index is 1.26. The molecule has 1 aromatic heterocycles. The lowest BCUT2D eigenvalue weighted by atomic mass is 9.99. The maximum absolute atomic E-state index is 5.94. The van der Waals surface area contributed by atoms with Crippen molar-refractivity contribution in [2.24, 2.45) is 5.10 Å². The highest BCUT2D eigenvalue weighted by atomic mass is 16.5. The second-order valence-electron chi connectivity index (χ2n) is 7.19. The van der Waals surface area contributed by atoms with Crippen LogP contribution < -0.4 is 14.9 Å². The number of methoxy groups -OCH3 is 1. The molecule has 0 aliphatic carbocycles. The van der Waals surface area contributed by atoms with Gasteiger partial charge in [-0.2, -0.15) is 5.10 Å². The van der Waals surface area contributed by atoms with Gasteiger partial charge in [-0.3, -0.25) is 0 Å². The van der Waals surface area contributed by atoms with Gasteiger partial charge < -0.3 is 14.9 Å². The van der Waals surface area contributed by atoms with Crippen LogP contribution in [0.25, 0.3) is 10.9 Å². The molecular weight excluding hydrogens is 374 g/mol. The van der Waals surface area contributed by atoms with Crippen LogP contribution in [0.2, 0.25) is 0 Å². The molecule has 4 aromatic rings. The monoisotopic (exact) mass is 395 g/mol. The van der Waals surface area contributed by atoms with Crippen molar-refractivity contribution in [1.29, 1.82) is 0 Å². The molecule has 148 valence electrons. The molecule has 0 spiro atoms. The van der Waals surface area contributed by atoms with E-state index in [0.717, 1.165) is 40.1 Å². The molecule has 0 fully saturated rings. The molecule has 3 aromatic carbocycles. The van der Waals surface area contributed by atoms with E-state index >= 15 is 0 Å². The predicted molar refractivity (Wildman–Crippen MR) is 118 cm³/mol. The molecule has 0 saturated heterocycles. The number of para-hydroxylation sites is 1. The Morgan fingerprint density at radius 3 is 2.40 bits per heavy atom. The lowest BCUT2D eigenvalue weighted by molar-refractivity contribution is 0.414. The number of rotatable bonds is 5. The second-order valence-corrected chi connectivity index (χ2v) is 7.19. The molecule has 5 nitrogen and oxygen atoms in total. The standard InChI is InChI=1S/C25H21N3O2/c1-29-20-11-6-18(7-12-20)23-16-24(28-27-23)19-8-13-21(14-9-19)30-25-15-10-17-4-2-3-5-22(17)26-25/h2-15,23,27H,16H2,1H3. The van der Waals surface area contributed by atoms with Gasteiger partial charge in [0.15, 0.2) is 0 Å². The molecule has 0 bridgehead atoms. The molecule has 5 heteroatoms. The van der Waals surface area contributed by atoms with Gasteiger partial charge in [-0.1, -0.05) is 30.3 Å². The quantitative estimate of drug-likeness (QED) is 0.486. The number of hydrogen-bond donors (Lipinski definition) is 1. The highest BCUT2D eigenvalue weighted by Gasteiger charge is 2.21. The number of aromatic nitrogens is 1. The summed E-state index contributed by atoms with van der Waals surface area (Å²) in [6.07, 6.45) is 0.832. The maximum atomic E-state index is 5.94. The van der Waals surface area contributed by atoms with Gasteiger partial charge in [0.25, 0.3) is 0 Å². The number of nitrogens with one attached hydrogen (secondary N) is 1. The first-order chi connectivity index (χ1) is 14.8. The number of hydrazone groups is 1. The molecule has 2 heterocycles. The fourth-order valence-corrected chi connectivity index (χ4v) is 3.59. The van der Waals surface area contributed by atoms with Crippen LogP contribution in [-0.4, -0.2) is 17.8 Å². The molecule has 1 aliphatic rings. The first-order valence-electron chi connectivity index (χ1n) is 9.88. The van der Waals surface area contributed by atoms with Crippen molar-refractivity contribution in [2.45, 2.75) is 12.5 Å². The summed E-state index contributed by atoms with van der Waals surface area (Å²) < 4.78 is 11.2. The predicted octanol–water partition coefficient (Wildman–Crippen LogP) is 5.47. The first-order valence-corrected chi connectivity index (χ1v) is 9.88. The van der Waals surface area contributed by atoms with Gasteiger partial charge in [-0.05, 0) is 59.7 Å². The maximum Gasteiger partial charge on any atom is 0.219 e. The van der Waals surface area contributed by atoms with Crippen LogP contribution in [0, 0.1) is 0 Å². The van der Waals surface area contributed by atoms with Crippen molar-refractivity contribution in [1.82, 2.24) is 10.4 Å². The number of ether oxygens (including phenoxy) is 2. The lowest BCUT2D eigenvalue weighted by Crippen LogP contribution is -2.09. The topological polar surface area (TPSA) is 55.7 Å². The van der Waals surface area contributed by atoms with Crippen molar-refractivity contribution in [3.8, 4) is 17.4 Å². The molecule has 1 N–H and O–H groups in total. The van der Waals surface area contributed by atoms with Crippen LogP contribution in [-0.2, 0) is 0 Å². The Kier molecular flexibility index (Phi) is 4.77. The third-order valence-electron chi connectivity index (χ3n) is 5.25. The van der Waals surface area contributed by atoms with Crippen LogP contribution in [0.3, 0.4) is 0 Å². The van der Waals surface area contributed by atoms with E-state index in [1.54, 1.807) is 7.11 Å². The van der Waals surface area contributed by atoms with Gasteiger partial charge in [0, 0.05) is 17.9 Å². The van der Waals surface area contributed by atoms with Crippen molar-refractivity contribution < 1.29 is 9.47 Å². The molecule has 1 unspecified atom stereocenters. The summed E-state index contributed by atoms with van der Waals surface area (Å²) in [6, 6.07) is 28.1. The summed E-state index contributed by atoms with van der Waals surface area (Å²) in [5, 5.41) is 5.63. The minimum Gasteiger partial charge on any atom is -0.497 e. The fourth-order valence-electron chi connectivity index (χ4n) is 3.59. The third kappa shape index (κ3) is 3.70. The van der Waals surface area contributed by atoms with Crippen molar-refractivity contribution in [2.75, 3.05) is 7.11 Å². The highest BCUT2D eigenvalue weighted by molar-refractivity contribution is 6.01. The van der Waals surface area contributed by atoms with E-state index in [2.05, 4.69) is 27.6 Å². The SMILES string of the molecule is COc1ccc(C2CC(c3ccc(Oc4ccc5ccccc5n4)cc3)=NN2)cc1. The van der Waals surface area contributed by atoms with Gasteiger partial charge in [0.2, 0.25) is 5.88 Å². The van der Waals surface area contributed by atoms with Gasteiger partial charge in [-0.15, -0.1) is 0 Å². The molecule has 30 heavy (non-hydrogen) atoms. The van der Waals surface area contributed by atoms with Crippen LogP contribution in [0.15, 0.2) is 90.0 Å². The Morgan fingerprint density at radius 2 is 1.60 bits per heavy atom. The highest BCUT2D eigenvalue weighted by Crippen LogP contribution is 2.28. The molecule has 1 aliphatic heterocycles. The van der Waals surface area contributed by atoms with Crippen molar-refractivity contribution in [3.63, 3.8) is 0 Å². The van der Waals surface area contributed by atoms with E-state index in [9.17, 15) is 0 Å². The van der Waals surface area contributed by atoms with Crippen LogP contribution in [0.5, 0.6) is 17.4 Å². The van der Waals surface area contributed by atoms with Crippen molar-refractivity contribution >= 4 is 16.6 Å². The Morgan fingerprint density at radius 1 is 0.833 bits per heavy atom. The summed E-state index contributed by atoms with van der Waals surface area (Å²) in [7, 11) is 1.67. The average Bonchev–Trinajstić information content (AvgIpc) is 3.30. The summed E-state index contributed by atoms with van der Waals surface area (Å²) in [5.41, 5.74) is 7.46. The van der Waals surface area contributed by atoms with E-state index < -0.39 is 0 Å². The van der Waals surface area contributed by atoms with E-state index in [1.165, 1.54) is 5.56 Å². The Bertz CT molecular complexity index is 1200. The number of nitrogens with zero attached hydrogens (tertiary/aromatic N) is 2.